The number of urea groups is 1. The van der Waals surface area contributed by atoms with Crippen LogP contribution in [0, 0.1) is 6.92 Å². The molecule has 0 spiro atoms. The summed E-state index contributed by atoms with van der Waals surface area (Å²) < 4.78 is 0. The zero-order valence-electron chi connectivity index (χ0n) is 10.7. The molecule has 0 atom stereocenters. The molecule has 7 heteroatoms. The first kappa shape index (κ1) is 15.6. The second-order valence-electron chi connectivity index (χ2n) is 4.59. The van der Waals surface area contributed by atoms with Crippen LogP contribution in [0.3, 0.4) is 0 Å². The Morgan fingerprint density at radius 2 is 1.79 bits per heavy atom. The highest BCUT2D eigenvalue weighted by molar-refractivity contribution is 6.36. The molecule has 0 aliphatic carbocycles. The molecule has 0 bridgehead atoms. The van der Waals surface area contributed by atoms with Crippen LogP contribution >= 0.6 is 23.2 Å². The molecule has 0 aliphatic heterocycles. The van der Waals surface area contributed by atoms with E-state index >= 15 is 0 Å². The molecule has 2 amide bonds. The number of halogens is 2. The molecule has 0 saturated carbocycles. The summed E-state index contributed by atoms with van der Waals surface area (Å²) in [6.07, 6.45) is 0. The van der Waals surface area contributed by atoms with Crippen LogP contribution in [-0.2, 0) is 4.79 Å². The lowest BCUT2D eigenvalue weighted by Gasteiger charge is -2.21. The largest absolute Gasteiger partial charge is 0.480 e. The van der Waals surface area contributed by atoms with Crippen molar-refractivity contribution in [3.8, 4) is 0 Å². The Morgan fingerprint density at radius 1 is 1.21 bits per heavy atom. The van der Waals surface area contributed by atoms with Crippen LogP contribution < -0.4 is 10.6 Å². The fourth-order valence-electron chi connectivity index (χ4n) is 1.23. The van der Waals surface area contributed by atoms with Crippen LogP contribution in [0.25, 0.3) is 0 Å². The van der Waals surface area contributed by atoms with Gasteiger partial charge in [0.1, 0.15) is 5.54 Å². The van der Waals surface area contributed by atoms with E-state index < -0.39 is 17.5 Å². The van der Waals surface area contributed by atoms with Crippen molar-refractivity contribution < 1.29 is 14.7 Å². The van der Waals surface area contributed by atoms with Crippen molar-refractivity contribution in [2.24, 2.45) is 0 Å². The predicted molar refractivity (Wildman–Crippen MR) is 75.1 cm³/mol. The number of carboxylic acid groups (broad SMARTS) is 1. The summed E-state index contributed by atoms with van der Waals surface area (Å²) in [4.78, 5) is 22.6. The fraction of sp³-hybridized carbons (Fsp3) is 0.333. The number of carbonyl (C=O) groups excluding carboxylic acids is 1. The van der Waals surface area contributed by atoms with Crippen LogP contribution in [0.4, 0.5) is 10.5 Å². The van der Waals surface area contributed by atoms with Gasteiger partial charge >= 0.3 is 12.0 Å². The lowest BCUT2D eigenvalue weighted by molar-refractivity contribution is -0.142. The molecule has 0 heterocycles. The second-order valence-corrected chi connectivity index (χ2v) is 5.40. The molecule has 1 aromatic rings. The number of hydrogen-bond acceptors (Lipinski definition) is 2. The normalized spacial score (nSPS) is 11.0. The number of hydrogen-bond donors (Lipinski definition) is 3. The van der Waals surface area contributed by atoms with Gasteiger partial charge < -0.3 is 15.7 Å². The smallest absolute Gasteiger partial charge is 0.328 e. The van der Waals surface area contributed by atoms with Crippen molar-refractivity contribution in [1.82, 2.24) is 5.32 Å². The van der Waals surface area contributed by atoms with E-state index in [1.165, 1.54) is 19.9 Å². The Morgan fingerprint density at radius 3 is 2.32 bits per heavy atom. The number of aliphatic carboxylic acids is 1. The monoisotopic (exact) mass is 304 g/mol. The Hall–Kier alpha value is -1.46. The van der Waals surface area contributed by atoms with E-state index in [1.807, 2.05) is 0 Å². The van der Waals surface area contributed by atoms with Crippen molar-refractivity contribution in [2.45, 2.75) is 26.3 Å². The Kier molecular flexibility index (Phi) is 4.66. The molecule has 0 aromatic heterocycles. The third-order valence-corrected chi connectivity index (χ3v) is 3.18. The number of anilines is 1. The number of nitrogens with one attached hydrogen (secondary N) is 2. The zero-order chi connectivity index (χ0) is 14.8. The van der Waals surface area contributed by atoms with E-state index in [1.54, 1.807) is 13.0 Å². The Bertz CT molecular complexity index is 530. The molecule has 0 saturated heterocycles. The van der Waals surface area contributed by atoms with Crippen LogP contribution in [0.2, 0.25) is 10.0 Å². The minimum Gasteiger partial charge on any atom is -0.480 e. The first-order valence-electron chi connectivity index (χ1n) is 5.41. The number of rotatable bonds is 3. The summed E-state index contributed by atoms with van der Waals surface area (Å²) in [5.41, 5.74) is -0.287. The molecule has 104 valence electrons. The van der Waals surface area contributed by atoms with Crippen LogP contribution in [-0.4, -0.2) is 22.6 Å². The number of carboxylic acids is 1. The molecule has 19 heavy (non-hydrogen) atoms. The fourth-order valence-corrected chi connectivity index (χ4v) is 1.66. The van der Waals surface area contributed by atoms with Gasteiger partial charge in [0.2, 0.25) is 0 Å². The molecular weight excluding hydrogens is 291 g/mol. The van der Waals surface area contributed by atoms with Gasteiger partial charge in [-0.15, -0.1) is 0 Å². The summed E-state index contributed by atoms with van der Waals surface area (Å²) in [5, 5.41) is 14.5. The molecule has 0 unspecified atom stereocenters. The van der Waals surface area contributed by atoms with E-state index in [0.29, 0.717) is 15.7 Å². The van der Waals surface area contributed by atoms with Gasteiger partial charge in [-0.25, -0.2) is 9.59 Å². The lowest BCUT2D eigenvalue weighted by atomic mass is 10.1. The topological polar surface area (TPSA) is 78.4 Å². The maximum absolute atomic E-state index is 11.7. The van der Waals surface area contributed by atoms with E-state index in [-0.39, 0.29) is 0 Å². The number of aryl methyl sites for hydroxylation is 1. The van der Waals surface area contributed by atoms with E-state index in [9.17, 15) is 9.59 Å². The number of benzene rings is 1. The zero-order valence-corrected chi connectivity index (χ0v) is 12.2. The summed E-state index contributed by atoms with van der Waals surface area (Å²) >= 11 is 11.9. The molecule has 5 nitrogen and oxygen atoms in total. The second kappa shape index (κ2) is 5.67. The van der Waals surface area contributed by atoms with Gasteiger partial charge in [-0.2, -0.15) is 0 Å². The van der Waals surface area contributed by atoms with Gasteiger partial charge in [0.25, 0.3) is 0 Å². The van der Waals surface area contributed by atoms with E-state index in [2.05, 4.69) is 10.6 Å². The minimum atomic E-state index is -1.38. The van der Waals surface area contributed by atoms with Gasteiger partial charge in [-0.05, 0) is 38.5 Å². The minimum absolute atomic E-state index is 0.316. The Labute approximate surface area is 120 Å². The predicted octanol–water partition coefficient (Wildman–Crippen LogP) is 3.29. The van der Waals surface area contributed by atoms with Crippen LogP contribution in [0.1, 0.15) is 19.4 Å². The van der Waals surface area contributed by atoms with Gasteiger partial charge in [0, 0.05) is 5.02 Å². The molecule has 3 N–H and O–H groups in total. The van der Waals surface area contributed by atoms with Gasteiger partial charge in [-0.1, -0.05) is 23.2 Å². The van der Waals surface area contributed by atoms with E-state index in [4.69, 9.17) is 28.3 Å². The van der Waals surface area contributed by atoms with Crippen molar-refractivity contribution >= 4 is 40.9 Å². The Balaban J connectivity index is 2.84. The molecule has 1 aromatic carbocycles. The average molecular weight is 305 g/mol. The highest BCUT2D eigenvalue weighted by atomic mass is 35.5. The van der Waals surface area contributed by atoms with Crippen molar-refractivity contribution in [3.63, 3.8) is 0 Å². The van der Waals surface area contributed by atoms with Crippen LogP contribution in [0.15, 0.2) is 12.1 Å². The maximum Gasteiger partial charge on any atom is 0.328 e. The molecule has 0 fully saturated rings. The first-order chi connectivity index (χ1) is 8.63. The summed E-state index contributed by atoms with van der Waals surface area (Å²) in [6, 6.07) is 2.45. The van der Waals surface area contributed by atoms with Crippen LogP contribution in [0.5, 0.6) is 0 Å². The lowest BCUT2D eigenvalue weighted by Crippen LogP contribution is -2.51. The molecular formula is C12H14Cl2N2O3. The number of amides is 2. The standard InChI is InChI=1S/C12H14Cl2N2O3/c1-6-4-8(14)9(5-7(6)13)15-11(19)16-12(2,3)10(17)18/h4-5H,1-3H3,(H,17,18)(H2,15,16,19). The van der Waals surface area contributed by atoms with E-state index in [0.717, 1.165) is 5.56 Å². The highest BCUT2D eigenvalue weighted by Gasteiger charge is 2.29. The molecule has 1 rings (SSSR count). The van der Waals surface area contributed by atoms with Gasteiger partial charge in [0.05, 0.1) is 10.7 Å². The molecule has 0 radical (unpaired) electrons. The van der Waals surface area contributed by atoms with Gasteiger partial charge in [-0.3, -0.25) is 0 Å². The quantitative estimate of drug-likeness (QED) is 0.802. The van der Waals surface area contributed by atoms with Crippen molar-refractivity contribution in [3.05, 3.63) is 27.7 Å². The third-order valence-electron chi connectivity index (χ3n) is 2.46. The van der Waals surface area contributed by atoms with Crippen molar-refractivity contribution in [1.29, 1.82) is 0 Å². The third kappa shape index (κ3) is 4.01. The average Bonchev–Trinajstić information content (AvgIpc) is 2.24. The maximum atomic E-state index is 11.7. The summed E-state index contributed by atoms with van der Waals surface area (Å²) in [7, 11) is 0. The molecule has 0 aliphatic rings. The van der Waals surface area contributed by atoms with Crippen molar-refractivity contribution in [2.75, 3.05) is 5.32 Å². The summed E-state index contributed by atoms with van der Waals surface area (Å²) in [6.45, 7) is 4.53. The first-order valence-corrected chi connectivity index (χ1v) is 6.17. The van der Waals surface area contributed by atoms with Gasteiger partial charge in [0.15, 0.2) is 0 Å². The number of carbonyl (C=O) groups is 2. The highest BCUT2D eigenvalue weighted by Crippen LogP contribution is 2.28. The SMILES string of the molecule is Cc1cc(Cl)c(NC(=O)NC(C)(C)C(=O)O)cc1Cl. The summed E-state index contributed by atoms with van der Waals surface area (Å²) in [5.74, 6) is -1.14.